The number of carbonyl (C=O) groups excluding carboxylic acids is 1. The van der Waals surface area contributed by atoms with Crippen LogP contribution in [0, 0.1) is 6.92 Å². The van der Waals surface area contributed by atoms with Crippen LogP contribution >= 0.6 is 0 Å². The van der Waals surface area contributed by atoms with Gasteiger partial charge in [0.15, 0.2) is 0 Å². The lowest BCUT2D eigenvalue weighted by Gasteiger charge is -2.22. The third-order valence-electron chi connectivity index (χ3n) is 5.42. The van der Waals surface area contributed by atoms with E-state index in [-0.39, 0.29) is 33.9 Å². The molecule has 0 radical (unpaired) electrons. The smallest absolute Gasteiger partial charge is 0.416 e. The highest BCUT2D eigenvalue weighted by atomic mass is 19.4. The van der Waals surface area contributed by atoms with Gasteiger partial charge in [0.1, 0.15) is 11.5 Å². The van der Waals surface area contributed by atoms with E-state index in [0.29, 0.717) is 11.4 Å². The molecule has 1 aliphatic rings. The fourth-order valence-corrected chi connectivity index (χ4v) is 3.72. The normalized spacial score (nSPS) is 14.9. The number of hydrogen-bond donors (Lipinski definition) is 2. The molecule has 0 aliphatic heterocycles. The van der Waals surface area contributed by atoms with Gasteiger partial charge in [-0.1, -0.05) is 0 Å². The predicted molar refractivity (Wildman–Crippen MR) is 112 cm³/mol. The van der Waals surface area contributed by atoms with Gasteiger partial charge in [0.05, 0.1) is 35.0 Å². The number of benzene rings is 1. The largest absolute Gasteiger partial charge is 0.464 e. The number of hydrogen-bond acceptors (Lipinski definition) is 6. The number of nitrogens with zero attached hydrogens (tertiary/aromatic N) is 2. The van der Waals surface area contributed by atoms with E-state index < -0.39 is 29.3 Å². The first kappa shape index (κ1) is 21.8. The number of ether oxygens (including phenoxy) is 1. The van der Waals surface area contributed by atoms with Crippen molar-refractivity contribution in [2.75, 3.05) is 12.4 Å². The molecule has 0 unspecified atom stereocenters. The van der Waals surface area contributed by atoms with Crippen LogP contribution in [-0.2, 0) is 10.9 Å². The van der Waals surface area contributed by atoms with E-state index >= 15 is 0 Å². The number of esters is 1. The molecule has 1 aliphatic carbocycles. The van der Waals surface area contributed by atoms with Gasteiger partial charge < -0.3 is 15.0 Å². The summed E-state index contributed by atoms with van der Waals surface area (Å²) >= 11 is 0. The molecule has 7 nitrogen and oxygen atoms in total. The van der Waals surface area contributed by atoms with Crippen molar-refractivity contribution in [3.63, 3.8) is 0 Å². The number of H-pyrrole nitrogens is 1. The molecule has 4 rings (SSSR count). The van der Waals surface area contributed by atoms with E-state index in [1.54, 1.807) is 13.0 Å². The lowest BCUT2D eigenvalue weighted by Crippen LogP contribution is -2.19. The molecule has 1 aromatic carbocycles. The number of aromatic nitrogens is 3. The van der Waals surface area contributed by atoms with Crippen molar-refractivity contribution in [3.05, 3.63) is 63.0 Å². The first-order valence-corrected chi connectivity index (χ1v) is 10.1. The van der Waals surface area contributed by atoms with Crippen molar-refractivity contribution >= 4 is 22.6 Å². The van der Waals surface area contributed by atoms with Crippen LogP contribution in [0.5, 0.6) is 0 Å². The van der Waals surface area contributed by atoms with Gasteiger partial charge in [-0.2, -0.15) is 13.2 Å². The molecule has 2 N–H and O–H groups in total. The predicted octanol–water partition coefficient (Wildman–Crippen LogP) is 4.48. The molecule has 3 aromatic rings. The highest BCUT2D eigenvalue weighted by molar-refractivity contribution is 5.87. The second-order valence-electron chi connectivity index (χ2n) is 7.87. The van der Waals surface area contributed by atoms with Crippen molar-refractivity contribution < 1.29 is 22.7 Å². The number of carbonyl (C=O) groups is 1. The number of nitrogens with one attached hydrogen (secondary N) is 2. The molecule has 1 fully saturated rings. The maximum Gasteiger partial charge on any atom is 0.416 e. The molecule has 32 heavy (non-hydrogen) atoms. The average Bonchev–Trinajstić information content (AvgIpc) is 3.57. The fourth-order valence-electron chi connectivity index (χ4n) is 3.72. The Balaban J connectivity index is 1.78. The summed E-state index contributed by atoms with van der Waals surface area (Å²) in [5, 5.41) is 3.17. The van der Waals surface area contributed by atoms with Gasteiger partial charge in [-0.25, -0.2) is 14.8 Å². The summed E-state index contributed by atoms with van der Waals surface area (Å²) in [7, 11) is 1.26. The van der Waals surface area contributed by atoms with E-state index in [1.807, 2.05) is 0 Å². The molecule has 0 bridgehead atoms. The Morgan fingerprint density at radius 2 is 1.97 bits per heavy atom. The lowest BCUT2D eigenvalue weighted by atomic mass is 9.98. The monoisotopic (exact) mass is 446 g/mol. The summed E-state index contributed by atoms with van der Waals surface area (Å²) in [6, 6.07) is 4.42. The van der Waals surface area contributed by atoms with E-state index in [9.17, 15) is 22.8 Å². The first-order valence-electron chi connectivity index (χ1n) is 10.1. The van der Waals surface area contributed by atoms with E-state index in [1.165, 1.54) is 26.2 Å². The van der Waals surface area contributed by atoms with Crippen molar-refractivity contribution in [2.24, 2.45) is 0 Å². The Bertz CT molecular complexity index is 1270. The van der Waals surface area contributed by atoms with Crippen LogP contribution in [0.25, 0.3) is 10.9 Å². The van der Waals surface area contributed by atoms with Gasteiger partial charge in [-0.3, -0.25) is 4.79 Å². The summed E-state index contributed by atoms with van der Waals surface area (Å²) in [5.74, 6) is -0.217. The minimum absolute atomic E-state index is 0.0164. The number of rotatable bonds is 5. The summed E-state index contributed by atoms with van der Waals surface area (Å²) in [6.07, 6.45) is -2.88. The minimum atomic E-state index is -4.63. The molecule has 10 heteroatoms. The van der Waals surface area contributed by atoms with Gasteiger partial charge >= 0.3 is 12.1 Å². The molecule has 0 amide bonds. The molecule has 0 saturated heterocycles. The van der Waals surface area contributed by atoms with Crippen LogP contribution in [0.4, 0.5) is 18.9 Å². The van der Waals surface area contributed by atoms with Crippen molar-refractivity contribution in [2.45, 2.75) is 44.8 Å². The third kappa shape index (κ3) is 4.17. The third-order valence-corrected chi connectivity index (χ3v) is 5.42. The minimum Gasteiger partial charge on any atom is -0.464 e. The van der Waals surface area contributed by atoms with Gasteiger partial charge in [-0.05, 0) is 56.5 Å². The zero-order chi connectivity index (χ0) is 23.2. The van der Waals surface area contributed by atoms with Crippen LogP contribution < -0.4 is 10.9 Å². The Morgan fingerprint density at radius 3 is 2.59 bits per heavy atom. The summed E-state index contributed by atoms with van der Waals surface area (Å²) < 4.78 is 46.3. The maximum absolute atomic E-state index is 13.9. The number of anilines is 1. The van der Waals surface area contributed by atoms with Crippen molar-refractivity contribution in [1.82, 2.24) is 15.0 Å². The Labute approximate surface area is 181 Å². The summed E-state index contributed by atoms with van der Waals surface area (Å²) in [4.78, 5) is 35.1. The van der Waals surface area contributed by atoms with Crippen molar-refractivity contribution in [1.29, 1.82) is 0 Å². The number of halogens is 3. The van der Waals surface area contributed by atoms with Crippen LogP contribution in [0.15, 0.2) is 29.1 Å². The Kier molecular flexibility index (Phi) is 5.39. The van der Waals surface area contributed by atoms with Crippen LogP contribution in [0.1, 0.15) is 64.9 Å². The molecule has 0 spiro atoms. The number of aromatic amines is 1. The molecule has 168 valence electrons. The zero-order valence-electron chi connectivity index (χ0n) is 17.6. The van der Waals surface area contributed by atoms with E-state index in [2.05, 4.69) is 20.3 Å². The molecular weight excluding hydrogens is 425 g/mol. The lowest BCUT2D eigenvalue weighted by molar-refractivity contribution is -0.138. The number of alkyl halides is 3. The SMILES string of the molecule is COC(=O)c1ccc(N[C@@H](C)c2cc3c(=O)[nH]c(C)nc3cc2C(F)(F)F)c(C2CC2)n1. The second kappa shape index (κ2) is 7.92. The van der Waals surface area contributed by atoms with Crippen LogP contribution in [-0.4, -0.2) is 28.0 Å². The molecule has 1 saturated carbocycles. The maximum atomic E-state index is 13.9. The van der Waals surface area contributed by atoms with Gasteiger partial charge in [0.25, 0.3) is 5.56 Å². The average molecular weight is 446 g/mol. The number of fused-ring (bicyclic) bond motifs is 1. The number of aryl methyl sites for hydroxylation is 1. The van der Waals surface area contributed by atoms with Gasteiger partial charge in [-0.15, -0.1) is 0 Å². The van der Waals surface area contributed by atoms with Gasteiger partial charge in [0.2, 0.25) is 0 Å². The van der Waals surface area contributed by atoms with Gasteiger partial charge in [0, 0.05) is 12.0 Å². The zero-order valence-corrected chi connectivity index (χ0v) is 17.6. The highest BCUT2D eigenvalue weighted by Gasteiger charge is 2.36. The number of methoxy groups -OCH3 is 1. The van der Waals surface area contributed by atoms with E-state index in [4.69, 9.17) is 4.74 Å². The molecule has 1 atom stereocenters. The Hall–Kier alpha value is -3.43. The standard InChI is InChI=1S/C22H21F3N4O3/c1-10(26-16-6-7-17(21(31)32-3)29-19(16)12-4-5-12)13-8-14-18(9-15(13)22(23,24)25)27-11(2)28-20(14)30/h6-10,12,26H,4-5H2,1-3H3,(H,27,28,30)/t10-/m0/s1. The topological polar surface area (TPSA) is 97.0 Å². The molecular formula is C22H21F3N4O3. The highest BCUT2D eigenvalue weighted by Crippen LogP contribution is 2.44. The molecule has 2 aromatic heterocycles. The molecule has 2 heterocycles. The summed E-state index contributed by atoms with van der Waals surface area (Å²) in [6.45, 7) is 3.09. The number of pyridine rings is 1. The van der Waals surface area contributed by atoms with Crippen molar-refractivity contribution in [3.8, 4) is 0 Å². The Morgan fingerprint density at radius 1 is 1.25 bits per heavy atom. The second-order valence-corrected chi connectivity index (χ2v) is 7.87. The van der Waals surface area contributed by atoms with Crippen LogP contribution in [0.3, 0.4) is 0 Å². The first-order chi connectivity index (χ1) is 15.1. The summed E-state index contributed by atoms with van der Waals surface area (Å²) in [5.41, 5.74) is -0.174. The van der Waals surface area contributed by atoms with E-state index in [0.717, 1.165) is 18.9 Å². The quantitative estimate of drug-likeness (QED) is 0.561. The van der Waals surface area contributed by atoms with Crippen LogP contribution in [0.2, 0.25) is 0 Å². The fraction of sp³-hybridized carbons (Fsp3) is 0.364.